The van der Waals surface area contributed by atoms with Gasteiger partial charge in [0.1, 0.15) is 12.3 Å². The Hall–Kier alpha value is -2.87. The summed E-state index contributed by atoms with van der Waals surface area (Å²) in [5.41, 5.74) is 1.58. The van der Waals surface area contributed by atoms with Crippen LogP contribution in [0.5, 0.6) is 5.75 Å². The van der Waals surface area contributed by atoms with E-state index in [0.29, 0.717) is 5.82 Å². The zero-order valence-electron chi connectivity index (χ0n) is 13.8. The summed E-state index contributed by atoms with van der Waals surface area (Å²) < 4.78 is 5.12. The lowest BCUT2D eigenvalue weighted by Crippen LogP contribution is -2.20. The maximum absolute atomic E-state index is 12.2. The molecule has 0 aliphatic carbocycles. The van der Waals surface area contributed by atoms with Crippen molar-refractivity contribution >= 4 is 23.4 Å². The summed E-state index contributed by atoms with van der Waals surface area (Å²) in [6.07, 6.45) is 1.96. The molecule has 0 spiro atoms. The molecule has 0 fully saturated rings. The number of hydrogen-bond acceptors (Lipinski definition) is 6. The molecule has 2 aromatic carbocycles. The normalized spacial score (nSPS) is 10.5. The second-order valence-electron chi connectivity index (χ2n) is 5.12. The summed E-state index contributed by atoms with van der Waals surface area (Å²) in [4.78, 5) is 14.5. The maximum Gasteiger partial charge on any atom is 0.248 e. The molecule has 8 heteroatoms. The topological polar surface area (TPSA) is 81.9 Å². The molecule has 0 unspecified atom stereocenters. The number of nitrogens with zero attached hydrogens (tertiary/aromatic N) is 4. The van der Waals surface area contributed by atoms with Gasteiger partial charge in [-0.1, -0.05) is 12.1 Å². The molecule has 7 nitrogen and oxygen atoms in total. The molecular weight excluding hydrogens is 338 g/mol. The summed E-state index contributed by atoms with van der Waals surface area (Å²) in [5.74, 6) is 1.00. The zero-order valence-corrected chi connectivity index (χ0v) is 14.7. The average molecular weight is 355 g/mol. The Morgan fingerprint density at radius 2 is 1.96 bits per heavy atom. The van der Waals surface area contributed by atoms with Gasteiger partial charge < -0.3 is 10.1 Å². The van der Waals surface area contributed by atoms with E-state index < -0.39 is 0 Å². The van der Waals surface area contributed by atoms with E-state index in [1.165, 1.54) is 4.80 Å². The van der Waals surface area contributed by atoms with Crippen molar-refractivity contribution in [2.75, 3.05) is 18.7 Å². The van der Waals surface area contributed by atoms with E-state index in [2.05, 4.69) is 20.7 Å². The molecule has 0 saturated carbocycles. The number of thioether (sulfide) groups is 1. The van der Waals surface area contributed by atoms with Crippen molar-refractivity contribution in [2.24, 2.45) is 0 Å². The highest BCUT2D eigenvalue weighted by molar-refractivity contribution is 7.98. The monoisotopic (exact) mass is 355 g/mol. The maximum atomic E-state index is 12.2. The van der Waals surface area contributed by atoms with E-state index in [1.807, 2.05) is 54.8 Å². The van der Waals surface area contributed by atoms with Gasteiger partial charge in [0, 0.05) is 10.5 Å². The minimum absolute atomic E-state index is 0.00807. The molecule has 0 atom stereocenters. The summed E-state index contributed by atoms with van der Waals surface area (Å²) in [5, 5.41) is 15.0. The second kappa shape index (κ2) is 7.80. The van der Waals surface area contributed by atoms with E-state index in [1.54, 1.807) is 18.9 Å². The third-order valence-corrected chi connectivity index (χ3v) is 4.26. The van der Waals surface area contributed by atoms with Gasteiger partial charge in [-0.05, 0) is 47.9 Å². The third kappa shape index (κ3) is 4.16. The van der Waals surface area contributed by atoms with Crippen LogP contribution < -0.4 is 10.1 Å². The number of benzene rings is 2. The second-order valence-corrected chi connectivity index (χ2v) is 5.97. The van der Waals surface area contributed by atoms with E-state index in [9.17, 15) is 4.79 Å². The minimum Gasteiger partial charge on any atom is -0.497 e. The van der Waals surface area contributed by atoms with E-state index in [0.717, 1.165) is 21.9 Å². The van der Waals surface area contributed by atoms with Crippen LogP contribution in [0.25, 0.3) is 11.4 Å². The molecule has 0 saturated heterocycles. The van der Waals surface area contributed by atoms with Crippen molar-refractivity contribution in [1.29, 1.82) is 0 Å². The summed E-state index contributed by atoms with van der Waals surface area (Å²) in [6.45, 7) is -0.00807. The van der Waals surface area contributed by atoms with Gasteiger partial charge in [0.15, 0.2) is 0 Å². The number of para-hydroxylation sites is 1. The van der Waals surface area contributed by atoms with Crippen LogP contribution in [0.1, 0.15) is 0 Å². The summed E-state index contributed by atoms with van der Waals surface area (Å²) in [7, 11) is 1.61. The largest absolute Gasteiger partial charge is 0.497 e. The van der Waals surface area contributed by atoms with Gasteiger partial charge in [0.2, 0.25) is 11.7 Å². The van der Waals surface area contributed by atoms with Crippen molar-refractivity contribution in [1.82, 2.24) is 20.2 Å². The first-order valence-corrected chi connectivity index (χ1v) is 8.77. The molecule has 25 heavy (non-hydrogen) atoms. The highest BCUT2D eigenvalue weighted by Crippen LogP contribution is 2.24. The third-order valence-electron chi connectivity index (χ3n) is 3.47. The van der Waals surface area contributed by atoms with E-state index >= 15 is 0 Å². The lowest BCUT2D eigenvalue weighted by atomic mass is 10.2. The standard InChI is InChI=1S/C17H17N5O2S/c1-24-13-9-7-12(8-10-13)17-19-21-22(20-17)11-16(23)18-14-5-3-4-6-15(14)25-2/h3-10H,11H2,1-2H3,(H,18,23). The van der Waals surface area contributed by atoms with Gasteiger partial charge in [-0.15, -0.1) is 22.0 Å². The lowest BCUT2D eigenvalue weighted by Gasteiger charge is -2.08. The SMILES string of the molecule is COc1ccc(-c2nnn(CC(=O)Nc3ccccc3SC)n2)cc1. The summed E-state index contributed by atoms with van der Waals surface area (Å²) >= 11 is 1.57. The lowest BCUT2D eigenvalue weighted by molar-refractivity contribution is -0.117. The van der Waals surface area contributed by atoms with Crippen molar-refractivity contribution < 1.29 is 9.53 Å². The van der Waals surface area contributed by atoms with Gasteiger partial charge in [0.05, 0.1) is 12.8 Å². The number of aromatic nitrogens is 4. The number of methoxy groups -OCH3 is 1. The number of ether oxygens (including phenoxy) is 1. The quantitative estimate of drug-likeness (QED) is 0.685. The minimum atomic E-state index is -0.208. The molecule has 1 N–H and O–H groups in total. The van der Waals surface area contributed by atoms with Crippen molar-refractivity contribution in [3.8, 4) is 17.1 Å². The Kier molecular flexibility index (Phi) is 5.30. The number of amides is 1. The van der Waals surface area contributed by atoms with Crippen molar-refractivity contribution in [3.05, 3.63) is 48.5 Å². The predicted octanol–water partition coefficient (Wildman–Crippen LogP) is 2.71. The Bertz CT molecular complexity index is 863. The Morgan fingerprint density at radius 3 is 2.68 bits per heavy atom. The van der Waals surface area contributed by atoms with Crippen molar-refractivity contribution in [3.63, 3.8) is 0 Å². The number of tetrazole rings is 1. The van der Waals surface area contributed by atoms with Gasteiger partial charge >= 0.3 is 0 Å². The Labute approximate surface area is 149 Å². The predicted molar refractivity (Wildman–Crippen MR) is 96.7 cm³/mol. The first-order valence-electron chi connectivity index (χ1n) is 7.54. The molecule has 0 aliphatic heterocycles. The first-order chi connectivity index (χ1) is 12.2. The van der Waals surface area contributed by atoms with Gasteiger partial charge in [-0.25, -0.2) is 0 Å². The van der Waals surface area contributed by atoms with Crippen molar-refractivity contribution in [2.45, 2.75) is 11.4 Å². The van der Waals surface area contributed by atoms with Crippen LogP contribution in [-0.2, 0) is 11.3 Å². The van der Waals surface area contributed by atoms with Gasteiger partial charge in [-0.2, -0.15) is 4.80 Å². The first kappa shape index (κ1) is 17.0. The number of hydrogen-bond donors (Lipinski definition) is 1. The Balaban J connectivity index is 1.67. The van der Waals surface area contributed by atoms with E-state index in [-0.39, 0.29) is 12.5 Å². The van der Waals surface area contributed by atoms with E-state index in [4.69, 9.17) is 4.74 Å². The average Bonchev–Trinajstić information content (AvgIpc) is 3.10. The molecule has 0 radical (unpaired) electrons. The number of rotatable bonds is 6. The highest BCUT2D eigenvalue weighted by Gasteiger charge is 2.11. The molecule has 3 rings (SSSR count). The van der Waals surface area contributed by atoms with Crippen LogP contribution in [0.3, 0.4) is 0 Å². The fraction of sp³-hybridized carbons (Fsp3) is 0.176. The van der Waals surface area contributed by atoms with Crippen LogP contribution >= 0.6 is 11.8 Å². The molecule has 1 aromatic heterocycles. The molecule has 0 aliphatic rings. The number of carbonyl (C=O) groups is 1. The fourth-order valence-electron chi connectivity index (χ4n) is 2.23. The number of carbonyl (C=O) groups excluding carboxylic acids is 1. The van der Waals surface area contributed by atoms with Gasteiger partial charge in [0.25, 0.3) is 0 Å². The molecule has 1 heterocycles. The van der Waals surface area contributed by atoms with Gasteiger partial charge in [-0.3, -0.25) is 4.79 Å². The van der Waals surface area contributed by atoms with Crippen LogP contribution in [0.4, 0.5) is 5.69 Å². The molecule has 1 amide bonds. The fourth-order valence-corrected chi connectivity index (χ4v) is 2.79. The van der Waals surface area contributed by atoms with Crippen LogP contribution in [0.2, 0.25) is 0 Å². The molecular formula is C17H17N5O2S. The van der Waals surface area contributed by atoms with Crippen LogP contribution in [-0.4, -0.2) is 39.5 Å². The summed E-state index contributed by atoms with van der Waals surface area (Å²) in [6, 6.07) is 15.0. The number of nitrogens with one attached hydrogen (secondary N) is 1. The zero-order chi connectivity index (χ0) is 17.6. The number of anilines is 1. The molecule has 3 aromatic rings. The smallest absolute Gasteiger partial charge is 0.248 e. The Morgan fingerprint density at radius 1 is 1.20 bits per heavy atom. The highest BCUT2D eigenvalue weighted by atomic mass is 32.2. The van der Waals surface area contributed by atoms with Crippen LogP contribution in [0.15, 0.2) is 53.4 Å². The van der Waals surface area contributed by atoms with Crippen LogP contribution in [0, 0.1) is 0 Å². The molecule has 0 bridgehead atoms. The molecule has 128 valence electrons.